The van der Waals surface area contributed by atoms with Crippen LogP contribution in [0.15, 0.2) is 55.0 Å². The number of nitrogens with zero attached hydrogens (tertiary/aromatic N) is 7. The van der Waals surface area contributed by atoms with Gasteiger partial charge in [-0.1, -0.05) is 59.6 Å². The molecule has 0 unspecified atom stereocenters. The van der Waals surface area contributed by atoms with Gasteiger partial charge in [0, 0.05) is 117 Å². The molecular weight excluding hydrogens is 701 g/mol. The van der Waals surface area contributed by atoms with Gasteiger partial charge in [-0.15, -0.1) is 0 Å². The van der Waals surface area contributed by atoms with Crippen molar-refractivity contribution in [1.29, 1.82) is 0 Å². The number of aromatic nitrogens is 5. The quantitative estimate of drug-likeness (QED) is 0.233. The highest BCUT2D eigenvalue weighted by Gasteiger charge is 2.49. The summed E-state index contributed by atoms with van der Waals surface area (Å²) in [6.45, 7) is 6.29. The maximum Gasteiger partial charge on any atom is 0.237 e. The van der Waals surface area contributed by atoms with Crippen LogP contribution in [0.2, 0.25) is 10.0 Å². The molecule has 2 spiro atoms. The number of likely N-dealkylation sites (tertiary alicyclic amines) is 2. The molecule has 3 aromatic heterocycles. The number of carbonyl (C=O) groups is 2. The minimum Gasteiger partial charge on any atom is -0.480 e. The molecule has 4 aliphatic heterocycles. The molecule has 266 valence electrons. The Morgan fingerprint density at radius 3 is 1.87 bits per heavy atom. The molecule has 2 N–H and O–H groups in total. The minimum absolute atomic E-state index is 0.0321. The Hall–Kier alpha value is -4.62. The Kier molecular flexibility index (Phi) is 7.99. The van der Waals surface area contributed by atoms with Crippen molar-refractivity contribution in [3.63, 3.8) is 0 Å². The van der Waals surface area contributed by atoms with Crippen molar-refractivity contribution < 1.29 is 14.3 Å². The van der Waals surface area contributed by atoms with Gasteiger partial charge in [-0.3, -0.25) is 29.4 Å². The van der Waals surface area contributed by atoms with Crippen LogP contribution in [0.4, 0.5) is 0 Å². The van der Waals surface area contributed by atoms with Gasteiger partial charge in [-0.2, -0.15) is 0 Å². The minimum atomic E-state index is 0.0321. The zero-order chi connectivity index (χ0) is 35.8. The number of rotatable bonds is 8. The predicted octanol–water partition coefficient (Wildman–Crippen LogP) is 4.72. The lowest BCUT2D eigenvalue weighted by Gasteiger charge is -2.47. The summed E-state index contributed by atoms with van der Waals surface area (Å²) in [5.41, 5.74) is 7.79. The lowest BCUT2D eigenvalue weighted by atomic mass is 9.79. The van der Waals surface area contributed by atoms with Crippen molar-refractivity contribution >= 4 is 46.2 Å². The molecule has 4 aliphatic rings. The van der Waals surface area contributed by atoms with E-state index in [2.05, 4.69) is 26.6 Å². The van der Waals surface area contributed by atoms with E-state index in [9.17, 15) is 9.59 Å². The number of benzene rings is 2. The lowest BCUT2D eigenvalue weighted by Crippen LogP contribution is -2.56. The summed E-state index contributed by atoms with van der Waals surface area (Å²) in [4.78, 5) is 47.6. The van der Waals surface area contributed by atoms with E-state index in [0.717, 1.165) is 84.9 Å². The van der Waals surface area contributed by atoms with Gasteiger partial charge >= 0.3 is 0 Å². The number of aryl methyl sites for hydroxylation is 1. The van der Waals surface area contributed by atoms with Gasteiger partial charge in [0.15, 0.2) is 5.65 Å². The number of fused-ring (bicyclic) bond motifs is 1. The topological polar surface area (TPSA) is 130 Å². The summed E-state index contributed by atoms with van der Waals surface area (Å²) in [5, 5.41) is 6.93. The van der Waals surface area contributed by atoms with Crippen molar-refractivity contribution in [1.82, 2.24) is 44.9 Å². The van der Waals surface area contributed by atoms with Gasteiger partial charge in [0.05, 0.1) is 40.9 Å². The number of hydrogen-bond donors (Lipinski definition) is 2. The van der Waals surface area contributed by atoms with Crippen LogP contribution in [0.3, 0.4) is 0 Å². The summed E-state index contributed by atoms with van der Waals surface area (Å²) in [7, 11) is 3.57. The molecule has 0 bridgehead atoms. The van der Waals surface area contributed by atoms with Crippen LogP contribution < -0.4 is 15.4 Å². The summed E-state index contributed by atoms with van der Waals surface area (Å²) >= 11 is 14.3. The number of amides is 2. The number of carbonyl (C=O) groups excluding carboxylic acids is 2. The van der Waals surface area contributed by atoms with Crippen molar-refractivity contribution in [2.24, 2.45) is 17.9 Å². The molecule has 9 rings (SSSR count). The van der Waals surface area contributed by atoms with Crippen molar-refractivity contribution in [3.05, 3.63) is 76.3 Å². The fourth-order valence-electron chi connectivity index (χ4n) is 8.56. The van der Waals surface area contributed by atoms with E-state index < -0.39 is 0 Å². The Bertz CT molecular complexity index is 2280. The van der Waals surface area contributed by atoms with Crippen molar-refractivity contribution in [2.75, 3.05) is 46.4 Å². The summed E-state index contributed by atoms with van der Waals surface area (Å²) in [6, 6.07) is 11.6. The van der Waals surface area contributed by atoms with E-state index in [-0.39, 0.29) is 22.6 Å². The molecule has 4 fully saturated rings. The van der Waals surface area contributed by atoms with E-state index in [1.807, 2.05) is 48.0 Å². The van der Waals surface area contributed by atoms with Gasteiger partial charge in [0.1, 0.15) is 11.2 Å². The smallest absolute Gasteiger partial charge is 0.237 e. The first-order chi connectivity index (χ1) is 25.1. The number of methoxy groups -OCH3 is 1. The van der Waals surface area contributed by atoms with Crippen LogP contribution in [0.25, 0.3) is 44.8 Å². The molecule has 2 aromatic carbocycles. The lowest BCUT2D eigenvalue weighted by molar-refractivity contribution is -0.121. The average Bonchev–Trinajstić information content (AvgIpc) is 3.79. The van der Waals surface area contributed by atoms with Crippen LogP contribution in [-0.4, -0.2) is 92.5 Å². The highest BCUT2D eigenvalue weighted by atomic mass is 35.5. The molecule has 0 saturated carbocycles. The highest BCUT2D eigenvalue weighted by Crippen LogP contribution is 2.43. The molecule has 14 heteroatoms. The molecule has 12 nitrogen and oxygen atoms in total. The molecule has 5 aromatic rings. The first-order valence-corrected chi connectivity index (χ1v) is 18.1. The van der Waals surface area contributed by atoms with Crippen LogP contribution in [0.1, 0.15) is 24.1 Å². The van der Waals surface area contributed by atoms with E-state index in [4.69, 9.17) is 47.9 Å². The summed E-state index contributed by atoms with van der Waals surface area (Å²) in [5.74, 6) is 0.713. The van der Waals surface area contributed by atoms with Crippen molar-refractivity contribution in [3.8, 4) is 39.5 Å². The first kappa shape index (κ1) is 33.2. The normalized spacial score (nSPS) is 19.2. The van der Waals surface area contributed by atoms with Gasteiger partial charge in [-0.25, -0.2) is 9.97 Å². The van der Waals surface area contributed by atoms with E-state index in [1.165, 1.54) is 0 Å². The largest absolute Gasteiger partial charge is 0.480 e. The zero-order valence-corrected chi connectivity index (χ0v) is 30.4. The molecular formula is C38H37Cl2N9O3. The third kappa shape index (κ3) is 5.69. The fraction of sp³-hybridized carbons (Fsp3) is 0.368. The number of ether oxygens (including phenoxy) is 1. The Morgan fingerprint density at radius 2 is 1.31 bits per heavy atom. The second kappa shape index (κ2) is 12.5. The van der Waals surface area contributed by atoms with Crippen LogP contribution in [0.5, 0.6) is 5.88 Å². The molecule has 0 atom stereocenters. The number of nitrogens with one attached hydrogen (secondary N) is 2. The fourth-order valence-corrected chi connectivity index (χ4v) is 9.21. The standard InChI is InChI=1S/C38H37Cl2N9O3/c1-47-13-22(14-48-18-37(19-48)9-30(50)43-16-37)34-35(47)45-27(12-42-34)25-7-3-5-23(32(25)39)24-6-4-8-26(33(24)40)28-11-41-29(36(46-28)52-2)15-49-20-38(21-49)10-31(51)44-17-38/h3-8,11-13H,9-10,14-21H2,1-2H3,(H,43,50)(H,44,51). The molecule has 52 heavy (non-hydrogen) atoms. The summed E-state index contributed by atoms with van der Waals surface area (Å²) in [6.07, 6.45) is 6.77. The van der Waals surface area contributed by atoms with E-state index in [1.54, 1.807) is 19.5 Å². The average molecular weight is 739 g/mol. The van der Waals surface area contributed by atoms with E-state index >= 15 is 0 Å². The maximum atomic E-state index is 11.8. The van der Waals surface area contributed by atoms with Gasteiger partial charge in [0.25, 0.3) is 0 Å². The second-order valence-electron chi connectivity index (χ2n) is 14.9. The highest BCUT2D eigenvalue weighted by molar-refractivity contribution is 6.39. The molecule has 0 radical (unpaired) electrons. The number of halogens is 2. The van der Waals surface area contributed by atoms with Gasteiger partial charge in [-0.05, 0) is 0 Å². The predicted molar refractivity (Wildman–Crippen MR) is 198 cm³/mol. The van der Waals surface area contributed by atoms with Crippen LogP contribution in [-0.2, 0) is 29.7 Å². The first-order valence-electron chi connectivity index (χ1n) is 17.4. The maximum absolute atomic E-state index is 11.8. The third-order valence-corrected chi connectivity index (χ3v) is 11.8. The SMILES string of the molecule is COc1nc(-c2cccc(-c3cccc(-c4cnc5c(CN6CC7(CNC(=O)C7)C6)cn(C)c5n4)c3Cl)c2Cl)cnc1CN1CC2(CNC(=O)C2)C1. The van der Waals surface area contributed by atoms with E-state index in [0.29, 0.717) is 52.3 Å². The molecule has 0 aliphatic carbocycles. The number of hydrogen-bond acceptors (Lipinski definition) is 9. The molecule has 2 amide bonds. The van der Waals surface area contributed by atoms with Crippen molar-refractivity contribution in [2.45, 2.75) is 25.9 Å². The monoisotopic (exact) mass is 737 g/mol. The Balaban J connectivity index is 0.955. The molecule has 7 heterocycles. The summed E-state index contributed by atoms with van der Waals surface area (Å²) < 4.78 is 7.68. The van der Waals surface area contributed by atoms with Gasteiger partial charge < -0.3 is 19.9 Å². The van der Waals surface area contributed by atoms with Crippen LogP contribution in [0, 0.1) is 10.8 Å². The Labute approximate surface area is 310 Å². The molecule has 4 saturated heterocycles. The zero-order valence-electron chi connectivity index (χ0n) is 28.9. The van der Waals surface area contributed by atoms with Gasteiger partial charge in [0.2, 0.25) is 17.7 Å². The second-order valence-corrected chi connectivity index (χ2v) is 15.7. The Morgan fingerprint density at radius 1 is 0.769 bits per heavy atom. The van der Waals surface area contributed by atoms with Crippen LogP contribution >= 0.6 is 23.2 Å². The third-order valence-electron chi connectivity index (χ3n) is 11.0.